The van der Waals surface area contributed by atoms with E-state index in [9.17, 15) is 9.59 Å². The Kier molecular flexibility index (Phi) is 8.33. The number of amides is 1. The number of carbonyl (C=O) groups is 2. The van der Waals surface area contributed by atoms with E-state index in [1.807, 2.05) is 11.4 Å². The second-order valence-corrected chi connectivity index (χ2v) is 12.3. The van der Waals surface area contributed by atoms with Crippen LogP contribution >= 0.6 is 57.5 Å². The summed E-state index contributed by atoms with van der Waals surface area (Å²) in [5.41, 5.74) is 1.89. The minimum Gasteiger partial charge on any atom is -0.463 e. The zero-order valence-corrected chi connectivity index (χ0v) is 24.5. The molecule has 5 rings (SSSR count). The molecule has 2 aromatic heterocycles. The van der Waals surface area contributed by atoms with Crippen molar-refractivity contribution < 1.29 is 14.3 Å². The van der Waals surface area contributed by atoms with Gasteiger partial charge in [-0.15, -0.1) is 11.3 Å². The fourth-order valence-electron chi connectivity index (χ4n) is 4.74. The third-order valence-electron chi connectivity index (χ3n) is 6.58. The number of aromatic nitrogens is 1. The number of carbonyl (C=O) groups excluding carboxylic acids is 2. The first-order valence-corrected chi connectivity index (χ1v) is 15.0. The maximum absolute atomic E-state index is 13.2. The lowest BCUT2D eigenvalue weighted by atomic mass is 10.1. The monoisotopic (exact) mass is 610 g/mol. The van der Waals surface area contributed by atoms with Gasteiger partial charge in [0.25, 0.3) is 5.91 Å². The van der Waals surface area contributed by atoms with Gasteiger partial charge in [-0.05, 0) is 57.0 Å². The highest BCUT2D eigenvalue weighted by Gasteiger charge is 2.38. The Bertz CT molecular complexity index is 1390. The summed E-state index contributed by atoms with van der Waals surface area (Å²) >= 11 is 22.1. The zero-order chi connectivity index (χ0) is 27.0. The van der Waals surface area contributed by atoms with Crippen molar-refractivity contribution in [1.29, 1.82) is 0 Å². The van der Waals surface area contributed by atoms with E-state index < -0.39 is 5.97 Å². The van der Waals surface area contributed by atoms with Crippen molar-refractivity contribution in [1.82, 2.24) is 10.3 Å². The number of thiazole rings is 1. The van der Waals surface area contributed by atoms with E-state index >= 15 is 0 Å². The molecule has 12 heteroatoms. The van der Waals surface area contributed by atoms with Gasteiger partial charge in [0.05, 0.1) is 26.6 Å². The molecule has 3 aromatic rings. The number of nitrogens with zero attached hydrogens (tertiary/aromatic N) is 2. The average Bonchev–Trinajstić information content (AvgIpc) is 3.65. The van der Waals surface area contributed by atoms with Crippen LogP contribution in [0.2, 0.25) is 15.1 Å². The van der Waals surface area contributed by atoms with Crippen molar-refractivity contribution in [3.63, 3.8) is 0 Å². The fourth-order valence-corrected chi connectivity index (χ4v) is 7.45. The zero-order valence-electron chi connectivity index (χ0n) is 20.6. The molecule has 0 spiro atoms. The highest BCUT2D eigenvalue weighted by molar-refractivity contribution is 7.21. The van der Waals surface area contributed by atoms with E-state index in [0.29, 0.717) is 33.3 Å². The normalized spacial score (nSPS) is 19.1. The molecular formula is C26H25Cl3N4O3S2. The summed E-state index contributed by atoms with van der Waals surface area (Å²) in [5, 5.41) is 11.0. The van der Waals surface area contributed by atoms with Crippen LogP contribution in [0, 0.1) is 5.92 Å². The van der Waals surface area contributed by atoms with Gasteiger partial charge in [0, 0.05) is 41.2 Å². The smallest absolute Gasteiger partial charge is 0.333 e. The Morgan fingerprint density at radius 1 is 1.24 bits per heavy atom. The van der Waals surface area contributed by atoms with Crippen LogP contribution in [0.25, 0.3) is 16.6 Å². The van der Waals surface area contributed by atoms with E-state index in [1.165, 1.54) is 34.8 Å². The van der Waals surface area contributed by atoms with Gasteiger partial charge in [-0.1, -0.05) is 46.1 Å². The summed E-state index contributed by atoms with van der Waals surface area (Å²) in [7, 11) is 0. The van der Waals surface area contributed by atoms with Gasteiger partial charge in [-0.25, -0.2) is 9.78 Å². The highest BCUT2D eigenvalue weighted by atomic mass is 35.5. The summed E-state index contributed by atoms with van der Waals surface area (Å²) in [6.45, 7) is 6.52. The summed E-state index contributed by atoms with van der Waals surface area (Å²) in [4.78, 5) is 33.2. The quantitative estimate of drug-likeness (QED) is 0.225. The molecule has 2 fully saturated rings. The Balaban J connectivity index is 1.39. The van der Waals surface area contributed by atoms with Crippen molar-refractivity contribution in [2.45, 2.75) is 26.3 Å². The molecule has 0 aliphatic carbocycles. The number of halogens is 3. The molecule has 0 saturated carbocycles. The second-order valence-electron chi connectivity index (χ2n) is 9.17. The predicted molar refractivity (Wildman–Crippen MR) is 157 cm³/mol. The first kappa shape index (κ1) is 27.4. The van der Waals surface area contributed by atoms with E-state index in [2.05, 4.69) is 15.5 Å². The fraction of sp³-hybridized carbons (Fsp3) is 0.346. The molecule has 38 heavy (non-hydrogen) atoms. The number of ether oxygens (including phenoxy) is 1. The molecule has 2 atom stereocenters. The lowest BCUT2D eigenvalue weighted by Gasteiger charge is -2.18. The van der Waals surface area contributed by atoms with Crippen molar-refractivity contribution in [2.75, 3.05) is 36.5 Å². The van der Waals surface area contributed by atoms with Crippen LogP contribution < -0.4 is 15.5 Å². The van der Waals surface area contributed by atoms with Crippen molar-refractivity contribution in [3.05, 3.63) is 55.3 Å². The number of rotatable bonds is 7. The summed E-state index contributed by atoms with van der Waals surface area (Å²) < 4.78 is 5.01. The van der Waals surface area contributed by atoms with Crippen LogP contribution in [-0.2, 0) is 9.53 Å². The maximum Gasteiger partial charge on any atom is 0.333 e. The van der Waals surface area contributed by atoms with E-state index in [-0.39, 0.29) is 28.1 Å². The molecule has 4 heterocycles. The number of hydrogen-bond donors (Lipinski definition) is 2. The van der Waals surface area contributed by atoms with Crippen LogP contribution in [0.1, 0.15) is 36.2 Å². The molecule has 2 aliphatic rings. The number of hydrogen-bond acceptors (Lipinski definition) is 8. The van der Waals surface area contributed by atoms with E-state index in [0.717, 1.165) is 41.6 Å². The van der Waals surface area contributed by atoms with Crippen LogP contribution in [0.3, 0.4) is 0 Å². The second kappa shape index (κ2) is 11.5. The first-order chi connectivity index (χ1) is 18.2. The predicted octanol–water partition coefficient (Wildman–Crippen LogP) is 6.85. The lowest BCUT2D eigenvalue weighted by molar-refractivity contribution is -0.138. The number of benzene rings is 1. The first-order valence-electron chi connectivity index (χ1n) is 12.1. The van der Waals surface area contributed by atoms with E-state index in [1.54, 1.807) is 19.9 Å². The molecule has 7 nitrogen and oxygen atoms in total. The summed E-state index contributed by atoms with van der Waals surface area (Å²) in [6.07, 6.45) is 2.71. The van der Waals surface area contributed by atoms with Crippen LogP contribution in [-0.4, -0.2) is 49.1 Å². The number of esters is 1. The Hall–Kier alpha value is -2.14. The average molecular weight is 612 g/mol. The minimum atomic E-state index is -0.457. The van der Waals surface area contributed by atoms with Gasteiger partial charge in [-0.2, -0.15) is 0 Å². The van der Waals surface area contributed by atoms with Crippen molar-refractivity contribution in [3.8, 4) is 10.6 Å². The SMILES string of the molecule is CCOC(=O)/C(C)=C/c1c(Cl)cc(C(=O)Nc2nc(-c3cc(Cl)cs3)c(N3C[C@@H]4CCN[C@@H]4C3)s2)cc1Cl. The van der Waals surface area contributed by atoms with Crippen LogP contribution in [0.4, 0.5) is 10.1 Å². The van der Waals surface area contributed by atoms with Gasteiger partial charge < -0.3 is 15.0 Å². The number of anilines is 2. The van der Waals surface area contributed by atoms with Crippen molar-refractivity contribution >= 4 is 85.6 Å². The van der Waals surface area contributed by atoms with Gasteiger partial charge >= 0.3 is 5.97 Å². The minimum absolute atomic E-state index is 0.246. The van der Waals surface area contributed by atoms with Gasteiger partial charge in [0.15, 0.2) is 5.13 Å². The molecule has 2 N–H and O–H groups in total. The highest BCUT2D eigenvalue weighted by Crippen LogP contribution is 2.44. The summed E-state index contributed by atoms with van der Waals surface area (Å²) in [6, 6.07) is 5.42. The number of nitrogens with one attached hydrogen (secondary N) is 2. The molecule has 0 radical (unpaired) electrons. The third kappa shape index (κ3) is 5.73. The van der Waals surface area contributed by atoms with Crippen LogP contribution in [0.5, 0.6) is 0 Å². The molecule has 200 valence electrons. The topological polar surface area (TPSA) is 83.6 Å². The molecule has 1 aromatic carbocycles. The van der Waals surface area contributed by atoms with Gasteiger partial charge in [-0.3, -0.25) is 10.1 Å². The third-order valence-corrected chi connectivity index (χ3v) is 9.52. The summed E-state index contributed by atoms with van der Waals surface area (Å²) in [5.74, 6) is -0.233. The number of thiophene rings is 1. The number of fused-ring (bicyclic) bond motifs is 1. The Morgan fingerprint density at radius 3 is 2.66 bits per heavy atom. The van der Waals surface area contributed by atoms with Crippen molar-refractivity contribution in [2.24, 2.45) is 5.92 Å². The largest absolute Gasteiger partial charge is 0.463 e. The standard InChI is InChI=1S/C26H25Cl3N4O3S2/c1-3-36-25(35)13(2)6-17-18(28)7-15(8-19(17)29)23(34)32-26-31-22(21-9-16(27)12-37-21)24(38-26)33-10-14-4-5-30-20(14)11-33/h6-9,12,14,20,30H,3-5,10-11H2,1-2H3,(H,31,32,34)/b13-6+/t14-,20+/m0/s1. The molecule has 0 unspecified atom stereocenters. The Labute approximate surface area is 243 Å². The lowest BCUT2D eigenvalue weighted by Crippen LogP contribution is -2.29. The molecular weight excluding hydrogens is 587 g/mol. The van der Waals surface area contributed by atoms with Gasteiger partial charge in [0.1, 0.15) is 10.7 Å². The van der Waals surface area contributed by atoms with E-state index in [4.69, 9.17) is 44.5 Å². The molecule has 0 bridgehead atoms. The van der Waals surface area contributed by atoms with Crippen LogP contribution in [0.15, 0.2) is 29.2 Å². The van der Waals surface area contributed by atoms with Gasteiger partial charge in [0.2, 0.25) is 0 Å². The Morgan fingerprint density at radius 2 is 2.00 bits per heavy atom. The molecule has 1 amide bonds. The molecule has 2 aliphatic heterocycles. The maximum atomic E-state index is 13.2. The molecule has 2 saturated heterocycles.